The van der Waals surface area contributed by atoms with Gasteiger partial charge in [0.1, 0.15) is 11.6 Å². The monoisotopic (exact) mass is 286 g/mol. The summed E-state index contributed by atoms with van der Waals surface area (Å²) in [6.45, 7) is 3.08. The second-order valence-electron chi connectivity index (χ2n) is 5.11. The van der Waals surface area contributed by atoms with Crippen LogP contribution in [0.25, 0.3) is 0 Å². The maximum absolute atomic E-state index is 11.9. The maximum atomic E-state index is 11.9. The van der Waals surface area contributed by atoms with E-state index < -0.39 is 0 Å². The number of nitrogens with zero attached hydrogens (tertiary/aromatic N) is 3. The highest BCUT2D eigenvalue weighted by Gasteiger charge is 2.18. The van der Waals surface area contributed by atoms with Crippen LogP contribution in [0.4, 0.5) is 5.69 Å². The third-order valence-electron chi connectivity index (χ3n) is 3.66. The number of fused-ring (bicyclic) bond motifs is 1. The van der Waals surface area contributed by atoms with Crippen LogP contribution in [0.1, 0.15) is 40.9 Å². The summed E-state index contributed by atoms with van der Waals surface area (Å²) >= 11 is 0. The van der Waals surface area contributed by atoms with Gasteiger partial charge in [-0.2, -0.15) is 0 Å². The summed E-state index contributed by atoms with van der Waals surface area (Å²) in [5.41, 5.74) is 7.68. The number of rotatable bonds is 4. The molecule has 1 aromatic carbocycles. The molecule has 0 unspecified atom stereocenters. The van der Waals surface area contributed by atoms with Crippen molar-refractivity contribution in [3.63, 3.8) is 0 Å². The number of carbonyl (C=O) groups is 1. The number of ether oxygens (including phenoxy) is 1. The number of hydrogen-bond donors (Lipinski definition) is 1. The number of nitrogens with two attached hydrogens (primary N) is 1. The molecule has 1 aromatic heterocycles. The molecule has 0 radical (unpaired) electrons. The fourth-order valence-electron chi connectivity index (χ4n) is 2.62. The first kappa shape index (κ1) is 13.6. The van der Waals surface area contributed by atoms with E-state index in [0.717, 1.165) is 36.6 Å². The van der Waals surface area contributed by atoms with Crippen LogP contribution in [0.5, 0.6) is 0 Å². The summed E-state index contributed by atoms with van der Waals surface area (Å²) in [5, 5.41) is 8.43. The van der Waals surface area contributed by atoms with Crippen molar-refractivity contribution in [2.75, 3.05) is 12.3 Å². The van der Waals surface area contributed by atoms with Gasteiger partial charge in [0.05, 0.1) is 12.2 Å². The number of benzene rings is 1. The number of carbonyl (C=O) groups excluding carboxylic acids is 1. The van der Waals surface area contributed by atoms with E-state index in [0.29, 0.717) is 24.3 Å². The van der Waals surface area contributed by atoms with Crippen LogP contribution in [-0.2, 0) is 24.1 Å². The SMILES string of the molecule is CCOC(=O)c1cc(Cc2nnc3n2CCC3)ccc1N. The van der Waals surface area contributed by atoms with Gasteiger partial charge in [-0.1, -0.05) is 6.07 Å². The molecule has 2 N–H and O–H groups in total. The second-order valence-corrected chi connectivity index (χ2v) is 5.11. The normalized spacial score (nSPS) is 13.2. The number of anilines is 1. The summed E-state index contributed by atoms with van der Waals surface area (Å²) < 4.78 is 7.17. The Hall–Kier alpha value is -2.37. The summed E-state index contributed by atoms with van der Waals surface area (Å²) in [6, 6.07) is 5.43. The van der Waals surface area contributed by atoms with E-state index in [1.165, 1.54) is 0 Å². The van der Waals surface area contributed by atoms with Crippen molar-refractivity contribution in [2.24, 2.45) is 0 Å². The Morgan fingerprint density at radius 2 is 2.29 bits per heavy atom. The molecule has 0 saturated heterocycles. The van der Waals surface area contributed by atoms with Crippen molar-refractivity contribution in [3.8, 4) is 0 Å². The molecule has 0 spiro atoms. The zero-order valence-corrected chi connectivity index (χ0v) is 12.0. The third-order valence-corrected chi connectivity index (χ3v) is 3.66. The van der Waals surface area contributed by atoms with Crippen molar-refractivity contribution < 1.29 is 9.53 Å². The zero-order chi connectivity index (χ0) is 14.8. The van der Waals surface area contributed by atoms with Crippen LogP contribution >= 0.6 is 0 Å². The summed E-state index contributed by atoms with van der Waals surface area (Å²) in [6.07, 6.45) is 2.75. The maximum Gasteiger partial charge on any atom is 0.340 e. The van der Waals surface area contributed by atoms with Crippen molar-refractivity contribution in [3.05, 3.63) is 41.0 Å². The van der Waals surface area contributed by atoms with Crippen molar-refractivity contribution in [1.82, 2.24) is 14.8 Å². The molecule has 2 heterocycles. The van der Waals surface area contributed by atoms with Crippen LogP contribution < -0.4 is 5.73 Å². The lowest BCUT2D eigenvalue weighted by Crippen LogP contribution is -2.09. The van der Waals surface area contributed by atoms with Crippen LogP contribution in [0, 0.1) is 0 Å². The minimum atomic E-state index is -0.386. The number of aromatic nitrogens is 3. The van der Waals surface area contributed by atoms with E-state index in [-0.39, 0.29) is 5.97 Å². The average molecular weight is 286 g/mol. The summed E-state index contributed by atoms with van der Waals surface area (Å²) in [4.78, 5) is 11.9. The molecule has 0 amide bonds. The number of esters is 1. The number of aryl methyl sites for hydroxylation is 1. The van der Waals surface area contributed by atoms with Gasteiger partial charge in [-0.15, -0.1) is 10.2 Å². The van der Waals surface area contributed by atoms with Gasteiger partial charge in [-0.25, -0.2) is 4.79 Å². The van der Waals surface area contributed by atoms with Crippen molar-refractivity contribution >= 4 is 11.7 Å². The first-order valence-corrected chi connectivity index (χ1v) is 7.15. The second kappa shape index (κ2) is 5.55. The van der Waals surface area contributed by atoms with E-state index in [1.807, 2.05) is 6.07 Å². The largest absolute Gasteiger partial charge is 0.462 e. The Labute approximate surface area is 122 Å². The molecule has 0 atom stereocenters. The Morgan fingerprint density at radius 1 is 1.43 bits per heavy atom. The molecule has 0 saturated carbocycles. The third kappa shape index (κ3) is 2.61. The molecular weight excluding hydrogens is 268 g/mol. The fraction of sp³-hybridized carbons (Fsp3) is 0.400. The Kier molecular flexibility index (Phi) is 3.60. The molecular formula is C15H18N4O2. The minimum absolute atomic E-state index is 0.334. The van der Waals surface area contributed by atoms with Crippen LogP contribution in [0.15, 0.2) is 18.2 Å². The van der Waals surface area contributed by atoms with E-state index in [9.17, 15) is 4.79 Å². The van der Waals surface area contributed by atoms with Crippen LogP contribution in [0.2, 0.25) is 0 Å². The highest BCUT2D eigenvalue weighted by molar-refractivity contribution is 5.95. The van der Waals surface area contributed by atoms with Gasteiger partial charge in [-0.05, 0) is 31.0 Å². The molecule has 1 aliphatic heterocycles. The Morgan fingerprint density at radius 3 is 3.10 bits per heavy atom. The zero-order valence-electron chi connectivity index (χ0n) is 12.0. The number of nitrogen functional groups attached to an aromatic ring is 1. The lowest BCUT2D eigenvalue weighted by molar-refractivity contribution is 0.0527. The molecule has 0 bridgehead atoms. The molecule has 6 nitrogen and oxygen atoms in total. The standard InChI is InChI=1S/C15H18N4O2/c1-2-21-15(20)11-8-10(5-6-12(11)16)9-14-18-17-13-4-3-7-19(13)14/h5-6,8H,2-4,7,9,16H2,1H3. The van der Waals surface area contributed by atoms with Crippen molar-refractivity contribution in [2.45, 2.75) is 32.7 Å². The lowest BCUT2D eigenvalue weighted by Gasteiger charge is -2.08. The quantitative estimate of drug-likeness (QED) is 0.681. The Bertz CT molecular complexity index is 678. The van der Waals surface area contributed by atoms with Gasteiger partial charge in [0, 0.05) is 25.1 Å². The first-order valence-electron chi connectivity index (χ1n) is 7.15. The fourth-order valence-corrected chi connectivity index (χ4v) is 2.62. The van der Waals surface area contributed by atoms with Crippen LogP contribution in [0.3, 0.4) is 0 Å². The van der Waals surface area contributed by atoms with E-state index in [2.05, 4.69) is 14.8 Å². The highest BCUT2D eigenvalue weighted by Crippen LogP contribution is 2.20. The smallest absolute Gasteiger partial charge is 0.340 e. The predicted molar refractivity (Wildman–Crippen MR) is 78.0 cm³/mol. The lowest BCUT2D eigenvalue weighted by atomic mass is 10.1. The highest BCUT2D eigenvalue weighted by atomic mass is 16.5. The molecule has 3 rings (SSSR count). The van der Waals surface area contributed by atoms with E-state index in [4.69, 9.17) is 10.5 Å². The van der Waals surface area contributed by atoms with E-state index in [1.54, 1.807) is 19.1 Å². The molecule has 21 heavy (non-hydrogen) atoms. The first-order chi connectivity index (χ1) is 10.2. The van der Waals surface area contributed by atoms with E-state index >= 15 is 0 Å². The summed E-state index contributed by atoms with van der Waals surface area (Å²) in [7, 11) is 0. The average Bonchev–Trinajstić information content (AvgIpc) is 3.06. The van der Waals surface area contributed by atoms with Gasteiger partial charge in [-0.3, -0.25) is 0 Å². The molecule has 1 aliphatic rings. The molecule has 110 valence electrons. The molecule has 0 fully saturated rings. The van der Waals surface area contributed by atoms with Gasteiger partial charge >= 0.3 is 5.97 Å². The summed E-state index contributed by atoms with van der Waals surface area (Å²) in [5.74, 6) is 1.59. The molecule has 6 heteroatoms. The molecule has 0 aliphatic carbocycles. The van der Waals surface area contributed by atoms with Gasteiger partial charge in [0.15, 0.2) is 0 Å². The van der Waals surface area contributed by atoms with Gasteiger partial charge in [0.25, 0.3) is 0 Å². The minimum Gasteiger partial charge on any atom is -0.462 e. The predicted octanol–water partition coefficient (Wildman–Crippen LogP) is 1.57. The number of hydrogen-bond acceptors (Lipinski definition) is 5. The van der Waals surface area contributed by atoms with Gasteiger partial charge in [0.2, 0.25) is 0 Å². The van der Waals surface area contributed by atoms with Crippen molar-refractivity contribution in [1.29, 1.82) is 0 Å². The Balaban J connectivity index is 1.85. The van der Waals surface area contributed by atoms with Gasteiger partial charge < -0.3 is 15.0 Å². The molecule has 2 aromatic rings. The topological polar surface area (TPSA) is 83.0 Å². The van der Waals surface area contributed by atoms with Crippen LogP contribution in [-0.4, -0.2) is 27.3 Å².